The number of aryl methyl sites for hydroxylation is 1. The predicted octanol–water partition coefficient (Wildman–Crippen LogP) is -0.752. The summed E-state index contributed by atoms with van der Waals surface area (Å²) in [5.74, 6) is -1.80. The first-order valence-corrected chi connectivity index (χ1v) is 8.17. The van der Waals surface area contributed by atoms with Crippen LogP contribution < -0.4 is 10.5 Å². The fourth-order valence-corrected chi connectivity index (χ4v) is 2.82. The summed E-state index contributed by atoms with van der Waals surface area (Å²) in [4.78, 5) is 24.7. The topological polar surface area (TPSA) is 122 Å². The number of nitrogens with zero attached hydrogens (tertiary/aromatic N) is 1. The molecule has 0 spiro atoms. The van der Waals surface area contributed by atoms with Crippen LogP contribution in [-0.2, 0) is 16.0 Å². The van der Waals surface area contributed by atoms with Gasteiger partial charge in [-0.15, -0.1) is 0 Å². The zero-order chi connectivity index (χ0) is 18.6. The summed E-state index contributed by atoms with van der Waals surface area (Å²) in [5, 5.41) is 19.6. The van der Waals surface area contributed by atoms with E-state index in [1.807, 2.05) is 12.7 Å². The van der Waals surface area contributed by atoms with Crippen molar-refractivity contribution in [2.45, 2.75) is 24.9 Å². The maximum Gasteiger partial charge on any atom is 0.343 e. The summed E-state index contributed by atoms with van der Waals surface area (Å²) in [6.45, 7) is 1.38. The van der Waals surface area contributed by atoms with Crippen molar-refractivity contribution in [1.82, 2.24) is 4.90 Å². The van der Waals surface area contributed by atoms with E-state index in [-0.39, 0.29) is 23.2 Å². The number of likely N-dealkylation sites (tertiary alicyclic amines) is 1. The van der Waals surface area contributed by atoms with E-state index in [2.05, 4.69) is 4.74 Å². The van der Waals surface area contributed by atoms with Gasteiger partial charge in [0, 0.05) is 19.6 Å². The summed E-state index contributed by atoms with van der Waals surface area (Å²) in [6.07, 6.45) is 1.17. The van der Waals surface area contributed by atoms with Crippen LogP contribution in [0.25, 0.3) is 0 Å². The molecule has 1 atom stereocenters. The summed E-state index contributed by atoms with van der Waals surface area (Å²) in [7, 11) is 3.23. The van der Waals surface area contributed by atoms with E-state index in [1.165, 1.54) is 7.11 Å². The number of rotatable bonds is 8. The molecule has 1 aromatic rings. The Labute approximate surface area is 146 Å². The first kappa shape index (κ1) is 19.1. The van der Waals surface area contributed by atoms with Crippen LogP contribution >= 0.6 is 0 Å². The monoisotopic (exact) mass is 350 g/mol. The summed E-state index contributed by atoms with van der Waals surface area (Å²) < 4.78 is 10.3. The number of nitrogens with two attached hydrogens (primary N) is 1. The largest absolute Gasteiger partial charge is 0.507 e. The van der Waals surface area contributed by atoms with Crippen molar-refractivity contribution in [2.75, 3.05) is 26.7 Å². The van der Waals surface area contributed by atoms with Gasteiger partial charge in [0.2, 0.25) is 0 Å². The molecule has 1 fully saturated rings. The number of aromatic carboxylic acids is 1. The number of phenols is 1. The third-order valence-corrected chi connectivity index (χ3v) is 4.13. The Morgan fingerprint density at radius 1 is 1.44 bits per heavy atom. The third-order valence-electron chi connectivity index (χ3n) is 4.13. The van der Waals surface area contributed by atoms with Crippen molar-refractivity contribution in [2.24, 2.45) is 5.73 Å². The minimum absolute atomic E-state index is 0.145. The number of carboxylic acids is 1. The van der Waals surface area contributed by atoms with E-state index in [4.69, 9.17) is 10.5 Å². The minimum atomic E-state index is -1.23. The van der Waals surface area contributed by atoms with E-state index < -0.39 is 18.0 Å². The van der Waals surface area contributed by atoms with Crippen molar-refractivity contribution in [3.63, 3.8) is 0 Å². The van der Waals surface area contributed by atoms with Crippen LogP contribution in [0, 0.1) is 0 Å². The quantitative estimate of drug-likeness (QED) is 0.413. The molecule has 2 rings (SSSR count). The van der Waals surface area contributed by atoms with Crippen LogP contribution in [0.5, 0.6) is 11.5 Å². The van der Waals surface area contributed by atoms with E-state index in [1.54, 1.807) is 12.1 Å². The molecule has 1 heterocycles. The number of carbonyl (C=O) groups excluding carboxylic acids is 1. The molecular weight excluding hydrogens is 327 g/mol. The SMILES string of the molecule is BCCc1ccc(OC2CN(CC(N)C(=O)OC)C2)c(C(=O)O)c1O. The van der Waals surface area contributed by atoms with Gasteiger partial charge >= 0.3 is 11.9 Å². The van der Waals surface area contributed by atoms with Gasteiger partial charge in [-0.25, -0.2) is 4.79 Å². The molecule has 0 bridgehead atoms. The number of hydrogen-bond donors (Lipinski definition) is 3. The van der Waals surface area contributed by atoms with Gasteiger partial charge in [-0.2, -0.15) is 0 Å². The minimum Gasteiger partial charge on any atom is -0.507 e. The molecule has 9 heteroatoms. The lowest BCUT2D eigenvalue weighted by molar-refractivity contribution is -0.143. The number of carboxylic acid groups (broad SMARTS) is 1. The van der Waals surface area contributed by atoms with E-state index in [9.17, 15) is 19.8 Å². The zero-order valence-corrected chi connectivity index (χ0v) is 14.4. The van der Waals surface area contributed by atoms with Gasteiger partial charge in [-0.3, -0.25) is 9.69 Å². The Morgan fingerprint density at radius 2 is 2.12 bits per heavy atom. The molecule has 0 saturated carbocycles. The molecule has 1 aliphatic rings. The molecule has 1 saturated heterocycles. The van der Waals surface area contributed by atoms with Crippen LogP contribution in [0.2, 0.25) is 6.32 Å². The van der Waals surface area contributed by atoms with Crippen LogP contribution in [-0.4, -0.2) is 73.8 Å². The molecule has 0 aliphatic carbocycles. The Hall–Kier alpha value is -2.26. The summed E-state index contributed by atoms with van der Waals surface area (Å²) in [6, 6.07) is 2.54. The normalized spacial score (nSPS) is 16.1. The predicted molar refractivity (Wildman–Crippen MR) is 93.0 cm³/mol. The lowest BCUT2D eigenvalue weighted by Crippen LogP contribution is -2.58. The Bertz CT molecular complexity index is 648. The van der Waals surface area contributed by atoms with E-state index in [0.717, 1.165) is 6.32 Å². The molecule has 0 aromatic heterocycles. The maximum atomic E-state index is 11.5. The van der Waals surface area contributed by atoms with Crippen LogP contribution in [0.15, 0.2) is 12.1 Å². The van der Waals surface area contributed by atoms with Gasteiger partial charge in [-0.05, 0) is 18.1 Å². The Kier molecular flexibility index (Phi) is 6.27. The molecule has 0 amide bonds. The van der Waals surface area contributed by atoms with Gasteiger partial charge in [-0.1, -0.05) is 12.4 Å². The van der Waals surface area contributed by atoms with Gasteiger partial charge in [0.15, 0.2) is 0 Å². The zero-order valence-electron chi connectivity index (χ0n) is 14.4. The molecule has 1 aliphatic heterocycles. The van der Waals surface area contributed by atoms with Crippen molar-refractivity contribution in [3.8, 4) is 11.5 Å². The molecule has 4 N–H and O–H groups in total. The molecular formula is C16H23BN2O6. The fraction of sp³-hybridized carbons (Fsp3) is 0.500. The van der Waals surface area contributed by atoms with Gasteiger partial charge in [0.25, 0.3) is 0 Å². The first-order valence-electron chi connectivity index (χ1n) is 8.17. The highest BCUT2D eigenvalue weighted by Gasteiger charge is 2.32. The Morgan fingerprint density at radius 3 is 2.68 bits per heavy atom. The van der Waals surface area contributed by atoms with Crippen LogP contribution in [0.3, 0.4) is 0 Å². The first-order chi connectivity index (χ1) is 11.9. The molecule has 0 radical (unpaired) electrons. The van der Waals surface area contributed by atoms with Gasteiger partial charge < -0.3 is 25.4 Å². The number of esters is 1. The second-order valence-electron chi connectivity index (χ2n) is 6.09. The summed E-state index contributed by atoms with van der Waals surface area (Å²) in [5.41, 5.74) is 6.07. The number of carbonyl (C=O) groups is 2. The molecule has 25 heavy (non-hydrogen) atoms. The number of benzene rings is 1. The van der Waals surface area contributed by atoms with Gasteiger partial charge in [0.05, 0.1) is 7.11 Å². The second-order valence-corrected chi connectivity index (χ2v) is 6.09. The molecule has 8 nitrogen and oxygen atoms in total. The van der Waals surface area contributed by atoms with E-state index >= 15 is 0 Å². The molecule has 1 aromatic carbocycles. The molecule has 1 unspecified atom stereocenters. The highest BCUT2D eigenvalue weighted by molar-refractivity contribution is 6.08. The van der Waals surface area contributed by atoms with E-state index in [0.29, 0.717) is 31.6 Å². The number of hydrogen-bond acceptors (Lipinski definition) is 7. The lowest BCUT2D eigenvalue weighted by Gasteiger charge is -2.40. The van der Waals surface area contributed by atoms with Crippen molar-refractivity contribution >= 4 is 19.8 Å². The smallest absolute Gasteiger partial charge is 0.343 e. The van der Waals surface area contributed by atoms with Gasteiger partial charge in [0.1, 0.15) is 37.1 Å². The highest BCUT2D eigenvalue weighted by Crippen LogP contribution is 2.33. The highest BCUT2D eigenvalue weighted by atomic mass is 16.5. The second kappa shape index (κ2) is 8.22. The maximum absolute atomic E-state index is 11.5. The van der Waals surface area contributed by atoms with Crippen LogP contribution in [0.4, 0.5) is 0 Å². The Balaban J connectivity index is 1.99. The lowest BCUT2D eigenvalue weighted by atomic mass is 9.95. The average molecular weight is 350 g/mol. The van der Waals surface area contributed by atoms with Crippen LogP contribution in [0.1, 0.15) is 15.9 Å². The number of methoxy groups -OCH3 is 1. The summed E-state index contributed by atoms with van der Waals surface area (Å²) >= 11 is 0. The number of aromatic hydroxyl groups is 1. The fourth-order valence-electron chi connectivity index (χ4n) is 2.82. The standard InChI is InChI=1S/C16H23BN2O6/c1-24-16(23)11(18)8-19-6-10(7-19)25-12-3-2-9(4-5-17)14(20)13(12)15(21)22/h2-3,10-11,20H,4-8,17-18H2,1H3,(H,21,22). The van der Waals surface area contributed by atoms with Crippen molar-refractivity contribution in [1.29, 1.82) is 0 Å². The molecule has 136 valence electrons. The third kappa shape index (κ3) is 4.43. The van der Waals surface area contributed by atoms with Crippen molar-refractivity contribution in [3.05, 3.63) is 23.3 Å². The van der Waals surface area contributed by atoms with Crippen molar-refractivity contribution < 1.29 is 29.3 Å². The average Bonchev–Trinajstić information content (AvgIpc) is 2.54. The number of ether oxygens (including phenoxy) is 2.